The molecule has 96 valence electrons. The van der Waals surface area contributed by atoms with E-state index in [0.717, 1.165) is 25.7 Å². The van der Waals surface area contributed by atoms with Gasteiger partial charge in [0.25, 0.3) is 0 Å². The van der Waals surface area contributed by atoms with Crippen LogP contribution in [0, 0.1) is 0 Å². The van der Waals surface area contributed by atoms with Gasteiger partial charge in [-0.25, -0.2) is 0 Å². The molecule has 1 heteroatoms. The van der Waals surface area contributed by atoms with Crippen LogP contribution in [0.5, 0.6) is 0 Å². The first kappa shape index (κ1) is 15.8. The van der Waals surface area contributed by atoms with Gasteiger partial charge in [0.15, 0.2) is 0 Å². The molecule has 1 nitrogen and oxygen atoms in total. The van der Waals surface area contributed by atoms with Crippen LogP contribution in [0.3, 0.4) is 0 Å². The summed E-state index contributed by atoms with van der Waals surface area (Å²) in [5.74, 6) is 0. The Morgan fingerprint density at radius 2 is 1.18 bits per heavy atom. The molecule has 0 heterocycles. The van der Waals surface area contributed by atoms with E-state index in [1.165, 1.54) is 11.1 Å². The van der Waals surface area contributed by atoms with Crippen molar-refractivity contribution < 1.29 is 4.74 Å². The Labute approximate surface area is 107 Å². The van der Waals surface area contributed by atoms with Crippen LogP contribution in [0.2, 0.25) is 0 Å². The quantitative estimate of drug-likeness (QED) is 0.396. The second kappa shape index (κ2) is 11.3. The molecule has 0 atom stereocenters. The summed E-state index contributed by atoms with van der Waals surface area (Å²) in [4.78, 5) is 0. The van der Waals surface area contributed by atoms with Crippen molar-refractivity contribution in [3.8, 4) is 0 Å². The number of hydrogen-bond acceptors (Lipinski definition) is 1. The third kappa shape index (κ3) is 8.56. The molecule has 0 unspecified atom stereocenters. The molecule has 0 rings (SSSR count). The number of rotatable bonds is 8. The monoisotopic (exact) mass is 234 g/mol. The van der Waals surface area contributed by atoms with E-state index in [9.17, 15) is 0 Å². The summed E-state index contributed by atoms with van der Waals surface area (Å²) in [6.45, 7) is 8.54. The minimum atomic E-state index is 0.997. The first-order valence-corrected chi connectivity index (χ1v) is 6.64. The van der Waals surface area contributed by atoms with Crippen molar-refractivity contribution in [1.82, 2.24) is 0 Å². The van der Waals surface area contributed by atoms with Crippen LogP contribution < -0.4 is 0 Å². The Hall–Kier alpha value is -1.24. The normalized spacial score (nSPS) is 13.9. The smallest absolute Gasteiger partial charge is 0.0933 e. The largest absolute Gasteiger partial charge is 0.472 e. The van der Waals surface area contributed by atoms with E-state index in [4.69, 9.17) is 4.74 Å². The Morgan fingerprint density at radius 1 is 0.765 bits per heavy atom. The van der Waals surface area contributed by atoms with Gasteiger partial charge in [-0.15, -0.1) is 0 Å². The molecule has 0 fully saturated rings. The van der Waals surface area contributed by atoms with Crippen LogP contribution in [-0.2, 0) is 4.74 Å². The van der Waals surface area contributed by atoms with Crippen LogP contribution in [0.15, 0.2) is 48.0 Å². The van der Waals surface area contributed by atoms with Crippen LogP contribution in [0.4, 0.5) is 0 Å². The SMILES string of the molecule is CCC=CC(=COC=C(C=CCC)CC)CC. The molecule has 0 aliphatic rings. The highest BCUT2D eigenvalue weighted by atomic mass is 16.5. The van der Waals surface area contributed by atoms with Crippen LogP contribution in [0.25, 0.3) is 0 Å². The van der Waals surface area contributed by atoms with Crippen LogP contribution in [0.1, 0.15) is 53.4 Å². The molecule has 0 saturated carbocycles. The Morgan fingerprint density at radius 3 is 1.47 bits per heavy atom. The van der Waals surface area contributed by atoms with E-state index in [0.29, 0.717) is 0 Å². The maximum Gasteiger partial charge on any atom is 0.0933 e. The van der Waals surface area contributed by atoms with Gasteiger partial charge >= 0.3 is 0 Å². The number of hydrogen-bond donors (Lipinski definition) is 0. The molecule has 0 aromatic rings. The third-order valence-electron chi connectivity index (χ3n) is 2.39. The summed E-state index contributed by atoms with van der Waals surface area (Å²) in [7, 11) is 0. The first-order valence-electron chi connectivity index (χ1n) is 6.64. The molecule has 0 N–H and O–H groups in total. The molecule has 0 spiro atoms. The second-order valence-electron chi connectivity index (χ2n) is 3.85. The maximum absolute atomic E-state index is 5.51. The van der Waals surface area contributed by atoms with Gasteiger partial charge in [0.05, 0.1) is 12.5 Å². The van der Waals surface area contributed by atoms with Crippen molar-refractivity contribution in [3.05, 3.63) is 48.0 Å². The summed E-state index contributed by atoms with van der Waals surface area (Å²) in [5.41, 5.74) is 2.44. The van der Waals surface area contributed by atoms with Crippen molar-refractivity contribution in [3.63, 3.8) is 0 Å². The maximum atomic E-state index is 5.51. The van der Waals surface area contributed by atoms with E-state index < -0.39 is 0 Å². The van der Waals surface area contributed by atoms with Gasteiger partial charge in [-0.05, 0) is 36.8 Å². The average Bonchev–Trinajstić information content (AvgIpc) is 2.37. The van der Waals surface area contributed by atoms with Gasteiger partial charge in [-0.1, -0.05) is 52.0 Å². The minimum absolute atomic E-state index is 0.997. The number of allylic oxidation sites excluding steroid dienone is 6. The standard InChI is InChI=1S/C16H26O/c1-5-9-11-15(7-3)13-17-14-16(8-4)12-10-6-2/h9-14H,5-8H2,1-4H3. The van der Waals surface area contributed by atoms with Gasteiger partial charge in [0.1, 0.15) is 0 Å². The predicted octanol–water partition coefficient (Wildman–Crippen LogP) is 5.52. The Kier molecular flexibility index (Phi) is 10.4. The molecular weight excluding hydrogens is 208 g/mol. The minimum Gasteiger partial charge on any atom is -0.472 e. The van der Waals surface area contributed by atoms with Gasteiger partial charge in [-0.3, -0.25) is 0 Å². The van der Waals surface area contributed by atoms with Crippen molar-refractivity contribution in [2.45, 2.75) is 53.4 Å². The first-order chi connectivity index (χ1) is 8.28. The zero-order chi connectivity index (χ0) is 12.9. The summed E-state index contributed by atoms with van der Waals surface area (Å²) < 4.78 is 5.51. The lowest BCUT2D eigenvalue weighted by molar-refractivity contribution is 0.393. The molecular formula is C16H26O. The zero-order valence-electron chi connectivity index (χ0n) is 11.7. The fraction of sp³-hybridized carbons (Fsp3) is 0.500. The van der Waals surface area contributed by atoms with Crippen molar-refractivity contribution in [2.75, 3.05) is 0 Å². The molecule has 0 aromatic heterocycles. The van der Waals surface area contributed by atoms with Gasteiger partial charge in [0, 0.05) is 0 Å². The van der Waals surface area contributed by atoms with E-state index in [2.05, 4.69) is 52.0 Å². The van der Waals surface area contributed by atoms with Crippen molar-refractivity contribution in [2.24, 2.45) is 0 Å². The van der Waals surface area contributed by atoms with E-state index >= 15 is 0 Å². The molecule has 0 aromatic carbocycles. The molecule has 0 saturated heterocycles. The molecule has 17 heavy (non-hydrogen) atoms. The highest BCUT2D eigenvalue weighted by Crippen LogP contribution is 2.07. The molecule has 0 aliphatic heterocycles. The third-order valence-corrected chi connectivity index (χ3v) is 2.39. The zero-order valence-corrected chi connectivity index (χ0v) is 11.7. The van der Waals surface area contributed by atoms with Crippen LogP contribution >= 0.6 is 0 Å². The molecule has 0 bridgehead atoms. The Bertz CT molecular complexity index is 263. The Balaban J connectivity index is 4.40. The van der Waals surface area contributed by atoms with Crippen molar-refractivity contribution in [1.29, 1.82) is 0 Å². The second-order valence-corrected chi connectivity index (χ2v) is 3.85. The topological polar surface area (TPSA) is 9.23 Å². The molecule has 0 aliphatic carbocycles. The van der Waals surface area contributed by atoms with E-state index in [-0.39, 0.29) is 0 Å². The number of ether oxygens (including phenoxy) is 1. The lowest BCUT2D eigenvalue weighted by Gasteiger charge is -2.00. The molecule has 0 amide bonds. The van der Waals surface area contributed by atoms with Gasteiger partial charge < -0.3 is 4.74 Å². The predicted molar refractivity (Wildman–Crippen MR) is 76.7 cm³/mol. The fourth-order valence-corrected chi connectivity index (χ4v) is 1.23. The van der Waals surface area contributed by atoms with E-state index in [1.54, 1.807) is 0 Å². The fourth-order valence-electron chi connectivity index (χ4n) is 1.23. The summed E-state index contributed by atoms with van der Waals surface area (Å²) >= 11 is 0. The van der Waals surface area contributed by atoms with Gasteiger partial charge in [-0.2, -0.15) is 0 Å². The lowest BCUT2D eigenvalue weighted by Crippen LogP contribution is -1.80. The summed E-state index contributed by atoms with van der Waals surface area (Å²) in [6.07, 6.45) is 16.3. The molecule has 0 radical (unpaired) electrons. The summed E-state index contributed by atoms with van der Waals surface area (Å²) in [5, 5.41) is 0. The lowest BCUT2D eigenvalue weighted by atomic mass is 10.2. The highest BCUT2D eigenvalue weighted by Gasteiger charge is 1.89. The average molecular weight is 234 g/mol. The summed E-state index contributed by atoms with van der Waals surface area (Å²) in [6, 6.07) is 0. The van der Waals surface area contributed by atoms with Gasteiger partial charge in [0.2, 0.25) is 0 Å². The van der Waals surface area contributed by atoms with E-state index in [1.807, 2.05) is 12.5 Å². The van der Waals surface area contributed by atoms with Crippen molar-refractivity contribution >= 4 is 0 Å². The highest BCUT2D eigenvalue weighted by molar-refractivity contribution is 5.18. The van der Waals surface area contributed by atoms with Crippen LogP contribution in [-0.4, -0.2) is 0 Å².